The van der Waals surface area contributed by atoms with E-state index >= 15 is 0 Å². The van der Waals surface area contributed by atoms with Gasteiger partial charge < -0.3 is 4.90 Å². The van der Waals surface area contributed by atoms with Crippen LogP contribution in [-0.2, 0) is 13.0 Å². The van der Waals surface area contributed by atoms with Gasteiger partial charge in [0, 0.05) is 18.1 Å². The highest BCUT2D eigenvalue weighted by Gasteiger charge is 2.05. The smallest absolute Gasteiger partial charge is 0.128 e. The number of aryl methyl sites for hydroxylation is 2. The monoisotopic (exact) mass is 332 g/mol. The zero-order valence-corrected chi connectivity index (χ0v) is 13.9. The highest BCUT2D eigenvalue weighted by Crippen LogP contribution is 2.19. The third-order valence-electron chi connectivity index (χ3n) is 3.38. The second-order valence-electron chi connectivity index (χ2n) is 5.16. The Morgan fingerprint density at radius 2 is 1.70 bits per heavy atom. The predicted molar refractivity (Wildman–Crippen MR) is 89.2 cm³/mol. The molecule has 0 N–H and O–H groups in total. The number of aromatic nitrogens is 1. The second kappa shape index (κ2) is 6.89. The van der Waals surface area contributed by atoms with E-state index in [1.165, 1.54) is 17.5 Å². The minimum Gasteiger partial charge on any atom is -0.355 e. The normalized spacial score (nSPS) is 10.6. The molecule has 3 heteroatoms. The molecule has 2 rings (SSSR count). The summed E-state index contributed by atoms with van der Waals surface area (Å²) < 4.78 is 1.05. The number of hydrogen-bond donors (Lipinski definition) is 0. The Bertz CT molecular complexity index is 564. The summed E-state index contributed by atoms with van der Waals surface area (Å²) in [6.07, 6.45) is 2.35. The van der Waals surface area contributed by atoms with Crippen LogP contribution in [0.15, 0.2) is 40.9 Å². The van der Waals surface area contributed by atoms with Crippen molar-refractivity contribution in [1.82, 2.24) is 4.98 Å². The van der Waals surface area contributed by atoms with E-state index in [-0.39, 0.29) is 0 Å². The lowest BCUT2D eigenvalue weighted by molar-refractivity contribution is 0.884. The molecule has 0 spiro atoms. The topological polar surface area (TPSA) is 16.1 Å². The second-order valence-corrected chi connectivity index (χ2v) is 6.01. The molecule has 0 fully saturated rings. The summed E-state index contributed by atoms with van der Waals surface area (Å²) in [6, 6.07) is 13.0. The first kappa shape index (κ1) is 15.0. The fourth-order valence-electron chi connectivity index (χ4n) is 2.20. The third-order valence-corrected chi connectivity index (χ3v) is 4.22. The van der Waals surface area contributed by atoms with E-state index in [1.54, 1.807) is 0 Å². The lowest BCUT2D eigenvalue weighted by atomic mass is 10.1. The van der Waals surface area contributed by atoms with Gasteiger partial charge in [-0.15, -0.1) is 0 Å². The van der Waals surface area contributed by atoms with Gasteiger partial charge in [-0.05, 0) is 52.5 Å². The van der Waals surface area contributed by atoms with Crippen molar-refractivity contribution in [2.45, 2.75) is 33.2 Å². The molecular weight excluding hydrogens is 312 g/mol. The molecule has 0 radical (unpaired) electrons. The van der Waals surface area contributed by atoms with Crippen LogP contribution >= 0.6 is 15.9 Å². The van der Waals surface area contributed by atoms with Gasteiger partial charge in [0.15, 0.2) is 0 Å². The molecule has 0 unspecified atom stereocenters. The number of nitrogens with zero attached hydrogens (tertiary/aromatic N) is 2. The van der Waals surface area contributed by atoms with Gasteiger partial charge in [0.1, 0.15) is 5.82 Å². The quantitative estimate of drug-likeness (QED) is 0.785. The summed E-state index contributed by atoms with van der Waals surface area (Å²) in [5, 5.41) is 0. The molecule has 106 valence electrons. The van der Waals surface area contributed by atoms with Crippen LogP contribution in [0, 0.1) is 6.92 Å². The van der Waals surface area contributed by atoms with Crippen molar-refractivity contribution < 1.29 is 0 Å². The number of halogens is 1. The number of rotatable bonds is 5. The van der Waals surface area contributed by atoms with Crippen molar-refractivity contribution in [3.63, 3.8) is 0 Å². The summed E-state index contributed by atoms with van der Waals surface area (Å²) in [5.41, 5.74) is 3.75. The largest absolute Gasteiger partial charge is 0.355 e. The van der Waals surface area contributed by atoms with E-state index in [0.29, 0.717) is 0 Å². The Hall–Kier alpha value is -1.35. The average molecular weight is 333 g/mol. The first-order valence-corrected chi connectivity index (χ1v) is 7.81. The lowest BCUT2D eigenvalue weighted by Crippen LogP contribution is -2.17. The first-order valence-electron chi connectivity index (χ1n) is 7.02. The molecule has 1 aromatic carbocycles. The molecule has 0 aliphatic heterocycles. The fourth-order valence-corrected chi connectivity index (χ4v) is 2.42. The van der Waals surface area contributed by atoms with Gasteiger partial charge in [0.05, 0.1) is 5.69 Å². The molecule has 0 aliphatic carbocycles. The van der Waals surface area contributed by atoms with E-state index < -0.39 is 0 Å². The Morgan fingerprint density at radius 3 is 2.30 bits per heavy atom. The average Bonchev–Trinajstić information content (AvgIpc) is 2.44. The van der Waals surface area contributed by atoms with Crippen LogP contribution in [0.1, 0.15) is 30.2 Å². The highest BCUT2D eigenvalue weighted by atomic mass is 79.9. The molecule has 20 heavy (non-hydrogen) atoms. The van der Waals surface area contributed by atoms with E-state index in [4.69, 9.17) is 0 Å². The van der Waals surface area contributed by atoms with Crippen LogP contribution in [0.2, 0.25) is 0 Å². The van der Waals surface area contributed by atoms with Gasteiger partial charge in [-0.1, -0.05) is 37.6 Å². The zero-order chi connectivity index (χ0) is 14.5. The summed E-state index contributed by atoms with van der Waals surface area (Å²) in [7, 11) is 2.08. The number of anilines is 1. The number of benzene rings is 1. The minimum absolute atomic E-state index is 0.875. The van der Waals surface area contributed by atoms with Crippen molar-refractivity contribution >= 4 is 21.7 Å². The van der Waals surface area contributed by atoms with Crippen molar-refractivity contribution in [2.75, 3.05) is 11.9 Å². The molecule has 0 saturated carbocycles. The minimum atomic E-state index is 0.875. The fraction of sp³-hybridized carbons (Fsp3) is 0.353. The molecule has 0 amide bonds. The first-order chi connectivity index (χ1) is 9.60. The van der Waals surface area contributed by atoms with Gasteiger partial charge in [-0.3, -0.25) is 0 Å². The molecule has 0 atom stereocenters. The van der Waals surface area contributed by atoms with E-state index in [9.17, 15) is 0 Å². The van der Waals surface area contributed by atoms with Crippen molar-refractivity contribution in [2.24, 2.45) is 0 Å². The van der Waals surface area contributed by atoms with Gasteiger partial charge in [0.25, 0.3) is 0 Å². The van der Waals surface area contributed by atoms with Crippen molar-refractivity contribution in [3.05, 3.63) is 57.7 Å². The Morgan fingerprint density at radius 1 is 1.05 bits per heavy atom. The summed E-state index contributed by atoms with van der Waals surface area (Å²) >= 11 is 3.49. The van der Waals surface area contributed by atoms with Crippen LogP contribution in [-0.4, -0.2) is 12.0 Å². The van der Waals surface area contributed by atoms with Crippen LogP contribution in [0.4, 0.5) is 5.82 Å². The van der Waals surface area contributed by atoms with Gasteiger partial charge >= 0.3 is 0 Å². The van der Waals surface area contributed by atoms with Crippen LogP contribution in [0.3, 0.4) is 0 Å². The molecule has 2 aromatic rings. The number of hydrogen-bond acceptors (Lipinski definition) is 2. The van der Waals surface area contributed by atoms with Gasteiger partial charge in [-0.2, -0.15) is 0 Å². The summed E-state index contributed by atoms with van der Waals surface area (Å²) in [4.78, 5) is 6.77. The predicted octanol–water partition coefficient (Wildman–Crippen LogP) is 4.74. The Kier molecular flexibility index (Phi) is 5.18. The maximum absolute atomic E-state index is 4.59. The SMILES string of the molecule is CCCc1ccc(CN(C)c2ccc(Br)c(C)n2)cc1. The molecule has 1 aromatic heterocycles. The standard InChI is InChI=1S/C17H21BrN2/c1-4-5-14-6-8-15(9-7-14)12-20(3)17-11-10-16(18)13(2)19-17/h6-11H,4-5,12H2,1-3H3. The number of pyridine rings is 1. The maximum Gasteiger partial charge on any atom is 0.128 e. The van der Waals surface area contributed by atoms with Crippen molar-refractivity contribution in [1.29, 1.82) is 0 Å². The Balaban J connectivity index is 2.06. The third kappa shape index (κ3) is 3.83. The zero-order valence-electron chi connectivity index (χ0n) is 12.4. The van der Waals surface area contributed by atoms with Crippen LogP contribution in [0.25, 0.3) is 0 Å². The van der Waals surface area contributed by atoms with E-state index in [1.807, 2.05) is 13.0 Å². The molecule has 0 saturated heterocycles. The maximum atomic E-state index is 4.59. The van der Waals surface area contributed by atoms with E-state index in [0.717, 1.165) is 29.0 Å². The molecule has 0 bridgehead atoms. The van der Waals surface area contributed by atoms with E-state index in [2.05, 4.69) is 70.1 Å². The summed E-state index contributed by atoms with van der Waals surface area (Å²) in [5.74, 6) is 1.00. The van der Waals surface area contributed by atoms with Crippen molar-refractivity contribution in [3.8, 4) is 0 Å². The highest BCUT2D eigenvalue weighted by molar-refractivity contribution is 9.10. The lowest BCUT2D eigenvalue weighted by Gasteiger charge is -2.19. The van der Waals surface area contributed by atoms with Crippen LogP contribution < -0.4 is 4.90 Å². The molecule has 1 heterocycles. The Labute approximate surface area is 130 Å². The molecule has 0 aliphatic rings. The van der Waals surface area contributed by atoms with Gasteiger partial charge in [-0.25, -0.2) is 4.98 Å². The van der Waals surface area contributed by atoms with Crippen LogP contribution in [0.5, 0.6) is 0 Å². The molecule has 2 nitrogen and oxygen atoms in total. The van der Waals surface area contributed by atoms with Gasteiger partial charge in [0.2, 0.25) is 0 Å². The summed E-state index contributed by atoms with van der Waals surface area (Å²) in [6.45, 7) is 5.10. The molecular formula is C17H21BrN2.